The second-order valence-corrected chi connectivity index (χ2v) is 14.6. The molecule has 1 amide bonds. The summed E-state index contributed by atoms with van der Waals surface area (Å²) in [5.41, 5.74) is -0.886. The lowest BCUT2D eigenvalue weighted by molar-refractivity contribution is -0.230. The van der Waals surface area contributed by atoms with Crippen molar-refractivity contribution in [2.75, 3.05) is 6.61 Å². The number of hydrogen-bond donors (Lipinski definition) is 5. The number of benzene rings is 1. The molecule has 5 N–H and O–H groups in total. The van der Waals surface area contributed by atoms with E-state index in [2.05, 4.69) is 0 Å². The van der Waals surface area contributed by atoms with Crippen molar-refractivity contribution in [2.45, 2.75) is 87.4 Å². The van der Waals surface area contributed by atoms with Crippen LogP contribution in [0.15, 0.2) is 39.7 Å². The van der Waals surface area contributed by atoms with Crippen molar-refractivity contribution in [3.8, 4) is 11.3 Å². The van der Waals surface area contributed by atoms with Crippen molar-refractivity contribution in [1.29, 1.82) is 0 Å². The van der Waals surface area contributed by atoms with Crippen LogP contribution in [0, 0.1) is 11.8 Å². The number of thioether (sulfide) groups is 1. The van der Waals surface area contributed by atoms with Crippen LogP contribution < -0.4 is 0 Å². The highest BCUT2D eigenvalue weighted by atomic mass is 35.5. The number of hydrogen-bond acceptors (Lipinski definition) is 11. The van der Waals surface area contributed by atoms with Crippen molar-refractivity contribution in [3.63, 3.8) is 0 Å². The van der Waals surface area contributed by atoms with Crippen LogP contribution in [0.2, 0.25) is 5.02 Å². The van der Waals surface area contributed by atoms with E-state index in [0.29, 0.717) is 56.9 Å². The van der Waals surface area contributed by atoms with Crippen LogP contribution in [-0.4, -0.2) is 89.3 Å². The number of unbranched alkanes of at least 4 members (excludes halogenated alkanes) is 1. The summed E-state index contributed by atoms with van der Waals surface area (Å²) < 4.78 is 12.0. The minimum Gasteiger partial charge on any atom is -0.463 e. The quantitative estimate of drug-likeness (QED) is 0.114. The van der Waals surface area contributed by atoms with Crippen LogP contribution in [-0.2, 0) is 20.7 Å². The van der Waals surface area contributed by atoms with Gasteiger partial charge in [0.25, 0.3) is 5.91 Å². The molecule has 1 aromatic carbocycles. The highest BCUT2D eigenvalue weighted by Crippen LogP contribution is 2.49. The molecule has 3 aliphatic carbocycles. The Kier molecular flexibility index (Phi) is 9.48. The van der Waals surface area contributed by atoms with Gasteiger partial charge in [0.1, 0.15) is 34.2 Å². The largest absolute Gasteiger partial charge is 0.463 e. The number of halogens is 1. The Hall–Kier alpha value is -2.29. The molecule has 10 nitrogen and oxygen atoms in total. The number of ether oxygens (including phenoxy) is 1. The highest BCUT2D eigenvalue weighted by Gasteiger charge is 2.56. The second kappa shape index (κ2) is 13.1. The summed E-state index contributed by atoms with van der Waals surface area (Å²) in [5.74, 6) is 1.04. The third-order valence-corrected chi connectivity index (χ3v) is 11.2. The van der Waals surface area contributed by atoms with Gasteiger partial charge in [-0.3, -0.25) is 9.69 Å². The molecule has 6 rings (SSSR count). The van der Waals surface area contributed by atoms with Crippen LogP contribution >= 0.6 is 35.6 Å². The monoisotopic (exact) mass is 677 g/mol. The SMILES string of the molecule is O=C1/C(=C/c2oc(-c3ccc(Cl)cc3)cc2CCCCOC(=O)[C@@]2(O)C[C@@H](O)[C@H](O)[C@H](O)[C@@H]2O)SC(=S)N1C1CC2CCC1C2. The molecule has 242 valence electrons. The fourth-order valence-corrected chi connectivity index (χ4v) is 8.57. The summed E-state index contributed by atoms with van der Waals surface area (Å²) in [6, 6.07) is 9.30. The van der Waals surface area contributed by atoms with Crippen molar-refractivity contribution < 1.29 is 44.3 Å². The average Bonchev–Trinajstić information content (AvgIpc) is 3.80. The number of aliphatic hydroxyl groups is 5. The van der Waals surface area contributed by atoms with E-state index in [-0.39, 0.29) is 18.6 Å². The topological polar surface area (TPSA) is 161 Å². The smallest absolute Gasteiger partial charge is 0.341 e. The molecule has 8 atom stereocenters. The molecule has 2 bridgehead atoms. The van der Waals surface area contributed by atoms with Crippen LogP contribution in [0.1, 0.15) is 56.3 Å². The standard InChI is InChI=1S/C32H36ClNO9S2/c33-20-8-6-17(7-9-20)23-13-19(3-1-2-10-42-30(40)32(41)15-22(35)26(36)27(37)28(32)38)24(43-23)14-25-29(39)34(31(44)45-25)21-12-16-4-5-18(21)11-16/h6-9,13-14,16,18,21-22,26-28,35-38,41H,1-5,10-12,15H2/b25-14-/t16?,18?,21?,22-,26+,27+,28+,32-/m1/s1. The predicted molar refractivity (Wildman–Crippen MR) is 171 cm³/mol. The first kappa shape index (κ1) is 32.6. The van der Waals surface area contributed by atoms with Gasteiger partial charge in [0.15, 0.2) is 5.60 Å². The molecule has 0 spiro atoms. The lowest BCUT2D eigenvalue weighted by Crippen LogP contribution is -2.66. The molecule has 1 saturated heterocycles. The van der Waals surface area contributed by atoms with Gasteiger partial charge in [0.05, 0.1) is 17.6 Å². The van der Waals surface area contributed by atoms with Crippen molar-refractivity contribution in [3.05, 3.63) is 51.6 Å². The molecule has 1 aliphatic heterocycles. The molecule has 1 aromatic heterocycles. The van der Waals surface area contributed by atoms with Crippen molar-refractivity contribution in [2.24, 2.45) is 11.8 Å². The van der Waals surface area contributed by atoms with Crippen LogP contribution in [0.5, 0.6) is 0 Å². The van der Waals surface area contributed by atoms with Gasteiger partial charge in [-0.2, -0.15) is 0 Å². The van der Waals surface area contributed by atoms with Crippen LogP contribution in [0.4, 0.5) is 0 Å². The van der Waals surface area contributed by atoms with E-state index in [9.17, 15) is 35.1 Å². The molecule has 13 heteroatoms. The zero-order chi connectivity index (χ0) is 32.0. The van der Waals surface area contributed by atoms with E-state index >= 15 is 0 Å². The van der Waals surface area contributed by atoms with Crippen molar-refractivity contribution in [1.82, 2.24) is 4.90 Å². The normalized spacial score (nSPS) is 33.9. The lowest BCUT2D eigenvalue weighted by Gasteiger charge is -2.42. The Labute approximate surface area is 275 Å². The molecule has 3 saturated carbocycles. The van der Waals surface area contributed by atoms with E-state index in [1.807, 2.05) is 23.1 Å². The summed E-state index contributed by atoms with van der Waals surface area (Å²) >= 11 is 13.0. The summed E-state index contributed by atoms with van der Waals surface area (Å²) in [5, 5.41) is 50.9. The number of amides is 1. The zero-order valence-corrected chi connectivity index (χ0v) is 26.8. The molecular weight excluding hydrogens is 642 g/mol. The van der Waals surface area contributed by atoms with Crippen LogP contribution in [0.25, 0.3) is 17.4 Å². The average molecular weight is 678 g/mol. The molecule has 45 heavy (non-hydrogen) atoms. The number of furan rings is 1. The zero-order valence-electron chi connectivity index (χ0n) is 24.4. The van der Waals surface area contributed by atoms with Gasteiger partial charge in [-0.05, 0) is 86.3 Å². The first-order chi connectivity index (χ1) is 21.5. The first-order valence-corrected chi connectivity index (χ1v) is 16.8. The lowest BCUT2D eigenvalue weighted by atomic mass is 9.77. The van der Waals surface area contributed by atoms with E-state index in [1.165, 1.54) is 18.2 Å². The third-order valence-electron chi connectivity index (χ3n) is 9.59. The Morgan fingerprint density at radius 3 is 2.58 bits per heavy atom. The number of carbonyl (C=O) groups is 2. The number of thiocarbonyl (C=S) groups is 1. The maximum atomic E-state index is 13.6. The summed E-state index contributed by atoms with van der Waals surface area (Å²) in [6.07, 6.45) is -0.159. The number of carbonyl (C=O) groups excluding carboxylic acids is 2. The number of aliphatic hydroxyl groups excluding tert-OH is 4. The summed E-state index contributed by atoms with van der Waals surface area (Å²) in [7, 11) is 0. The van der Waals surface area contributed by atoms with E-state index < -0.39 is 42.4 Å². The van der Waals surface area contributed by atoms with Gasteiger partial charge in [0.2, 0.25) is 0 Å². The van der Waals surface area contributed by atoms with Gasteiger partial charge >= 0.3 is 5.97 Å². The number of nitrogens with zero attached hydrogens (tertiary/aromatic N) is 1. The summed E-state index contributed by atoms with van der Waals surface area (Å²) in [4.78, 5) is 28.5. The molecule has 0 radical (unpaired) electrons. The van der Waals surface area contributed by atoms with Gasteiger partial charge < -0.3 is 34.7 Å². The van der Waals surface area contributed by atoms with E-state index in [0.717, 1.165) is 30.4 Å². The molecule has 2 aromatic rings. The maximum Gasteiger partial charge on any atom is 0.341 e. The molecule has 4 fully saturated rings. The maximum absolute atomic E-state index is 13.6. The molecule has 2 heterocycles. The number of aryl methyl sites for hydroxylation is 1. The van der Waals surface area contributed by atoms with Gasteiger partial charge in [-0.1, -0.05) is 42.0 Å². The fraction of sp³-hybridized carbons (Fsp3) is 0.531. The van der Waals surface area contributed by atoms with Crippen LogP contribution in [0.3, 0.4) is 0 Å². The Bertz CT molecular complexity index is 1500. The van der Waals surface area contributed by atoms with Crippen molar-refractivity contribution >= 4 is 57.9 Å². The van der Waals surface area contributed by atoms with E-state index in [4.69, 9.17) is 33.0 Å². The minimum atomic E-state index is -2.55. The third kappa shape index (κ3) is 6.36. The molecular formula is C32H36ClNO9S2. The Morgan fingerprint density at radius 1 is 1.13 bits per heavy atom. The number of rotatable bonds is 9. The second-order valence-electron chi connectivity index (χ2n) is 12.5. The molecule has 4 aliphatic rings. The summed E-state index contributed by atoms with van der Waals surface area (Å²) in [6.45, 7) is -0.0952. The highest BCUT2D eigenvalue weighted by molar-refractivity contribution is 8.26. The molecule has 3 unspecified atom stereocenters. The first-order valence-electron chi connectivity index (χ1n) is 15.2. The number of fused-ring (bicyclic) bond motifs is 2. The van der Waals surface area contributed by atoms with Gasteiger partial charge in [0, 0.05) is 29.1 Å². The van der Waals surface area contributed by atoms with E-state index in [1.54, 1.807) is 18.2 Å². The minimum absolute atomic E-state index is 0.0876. The Morgan fingerprint density at radius 2 is 1.89 bits per heavy atom. The Balaban J connectivity index is 1.13. The fourth-order valence-electron chi connectivity index (χ4n) is 7.10. The van der Waals surface area contributed by atoms with Gasteiger partial charge in [-0.15, -0.1) is 0 Å². The predicted octanol–water partition coefficient (Wildman–Crippen LogP) is 3.43. The van der Waals surface area contributed by atoms with Gasteiger partial charge in [-0.25, -0.2) is 4.79 Å². The number of esters is 1.